The Morgan fingerprint density at radius 2 is 2.17 bits per heavy atom. The number of nitrogens with zero attached hydrogens (tertiary/aromatic N) is 2. The van der Waals surface area contributed by atoms with Crippen molar-refractivity contribution < 1.29 is 9.66 Å². The van der Waals surface area contributed by atoms with Crippen molar-refractivity contribution in [2.75, 3.05) is 0 Å². The molecule has 0 atom stereocenters. The van der Waals surface area contributed by atoms with Gasteiger partial charge in [0.2, 0.25) is 5.75 Å². The van der Waals surface area contributed by atoms with Gasteiger partial charge < -0.3 is 4.74 Å². The molecule has 0 radical (unpaired) electrons. The van der Waals surface area contributed by atoms with Gasteiger partial charge in [-0.2, -0.15) is 0 Å². The zero-order valence-electron chi connectivity index (χ0n) is 8.84. The summed E-state index contributed by atoms with van der Waals surface area (Å²) in [6.45, 7) is 0. The highest BCUT2D eigenvalue weighted by molar-refractivity contribution is 9.10. The van der Waals surface area contributed by atoms with Crippen LogP contribution in [-0.2, 0) is 0 Å². The van der Waals surface area contributed by atoms with Gasteiger partial charge in [0.25, 0.3) is 0 Å². The lowest BCUT2D eigenvalue weighted by Gasteiger charge is -2.08. The number of hydrogen-bond acceptors (Lipinski definition) is 4. The highest BCUT2D eigenvalue weighted by atomic mass is 79.9. The third-order valence-electron chi connectivity index (χ3n) is 2.09. The molecule has 0 spiro atoms. The minimum atomic E-state index is -0.545. The van der Waals surface area contributed by atoms with E-state index in [0.717, 1.165) is 0 Å². The Morgan fingerprint density at radius 3 is 2.83 bits per heavy atom. The van der Waals surface area contributed by atoms with E-state index in [9.17, 15) is 10.1 Å². The van der Waals surface area contributed by atoms with Crippen molar-refractivity contribution in [3.05, 3.63) is 56.3 Å². The second-order valence-corrected chi connectivity index (χ2v) is 4.51. The standard InChI is InChI=1S/C11H6BrClN2O3/c12-7-6-14-5-4-10(7)18-11-8(13)2-1-3-9(11)15(16)17/h1-6H. The van der Waals surface area contributed by atoms with Gasteiger partial charge in [0.05, 0.1) is 14.4 Å². The normalized spacial score (nSPS) is 10.1. The minimum Gasteiger partial charge on any atom is -0.447 e. The van der Waals surface area contributed by atoms with Crippen LogP contribution in [0.3, 0.4) is 0 Å². The number of hydrogen-bond donors (Lipinski definition) is 0. The lowest BCUT2D eigenvalue weighted by atomic mass is 10.3. The molecule has 92 valence electrons. The summed E-state index contributed by atoms with van der Waals surface area (Å²) in [5.74, 6) is 0.414. The molecule has 0 saturated heterocycles. The summed E-state index contributed by atoms with van der Waals surface area (Å²) in [7, 11) is 0. The highest BCUT2D eigenvalue weighted by Gasteiger charge is 2.19. The highest BCUT2D eigenvalue weighted by Crippen LogP contribution is 2.39. The average molecular weight is 330 g/mol. The van der Waals surface area contributed by atoms with Crippen molar-refractivity contribution in [3.8, 4) is 11.5 Å². The number of nitro benzene ring substituents is 1. The van der Waals surface area contributed by atoms with Crippen molar-refractivity contribution in [1.82, 2.24) is 4.98 Å². The summed E-state index contributed by atoms with van der Waals surface area (Å²) in [6, 6.07) is 5.93. The van der Waals surface area contributed by atoms with E-state index >= 15 is 0 Å². The van der Waals surface area contributed by atoms with Crippen molar-refractivity contribution in [1.29, 1.82) is 0 Å². The Morgan fingerprint density at radius 1 is 1.39 bits per heavy atom. The van der Waals surface area contributed by atoms with Crippen LogP contribution in [0.15, 0.2) is 41.1 Å². The number of aromatic nitrogens is 1. The van der Waals surface area contributed by atoms with Crippen LogP contribution in [0.25, 0.3) is 0 Å². The fraction of sp³-hybridized carbons (Fsp3) is 0. The molecule has 2 aromatic rings. The van der Waals surface area contributed by atoms with Gasteiger partial charge in [-0.1, -0.05) is 17.7 Å². The Labute approximate surface area is 116 Å². The van der Waals surface area contributed by atoms with E-state index in [1.54, 1.807) is 6.07 Å². The van der Waals surface area contributed by atoms with E-state index in [0.29, 0.717) is 10.2 Å². The molecule has 0 aliphatic carbocycles. The molecule has 5 nitrogen and oxygen atoms in total. The van der Waals surface area contributed by atoms with Gasteiger partial charge in [-0.3, -0.25) is 15.1 Å². The van der Waals surface area contributed by atoms with E-state index in [2.05, 4.69) is 20.9 Å². The molecule has 0 aliphatic rings. The van der Waals surface area contributed by atoms with Crippen molar-refractivity contribution in [2.24, 2.45) is 0 Å². The summed E-state index contributed by atoms with van der Waals surface area (Å²) in [5.41, 5.74) is -0.189. The van der Waals surface area contributed by atoms with E-state index in [1.807, 2.05) is 0 Å². The predicted octanol–water partition coefficient (Wildman–Crippen LogP) is 4.20. The second kappa shape index (κ2) is 5.32. The molecular formula is C11H6BrClN2O3. The molecule has 0 unspecified atom stereocenters. The van der Waals surface area contributed by atoms with Crippen LogP contribution in [0.1, 0.15) is 0 Å². The Bertz CT molecular complexity index is 607. The monoisotopic (exact) mass is 328 g/mol. The van der Waals surface area contributed by atoms with E-state index in [4.69, 9.17) is 16.3 Å². The van der Waals surface area contributed by atoms with Crippen LogP contribution in [0.4, 0.5) is 5.69 Å². The maximum absolute atomic E-state index is 10.9. The third-order valence-corrected chi connectivity index (χ3v) is 2.98. The van der Waals surface area contributed by atoms with Crippen molar-refractivity contribution in [2.45, 2.75) is 0 Å². The summed E-state index contributed by atoms with van der Waals surface area (Å²) in [4.78, 5) is 14.2. The van der Waals surface area contributed by atoms with E-state index in [1.165, 1.54) is 30.6 Å². The molecular weight excluding hydrogens is 323 g/mol. The first-order valence-electron chi connectivity index (χ1n) is 4.80. The number of benzene rings is 1. The molecule has 0 aliphatic heterocycles. The van der Waals surface area contributed by atoms with Crippen LogP contribution in [0.5, 0.6) is 11.5 Å². The number of nitro groups is 1. The third kappa shape index (κ3) is 2.60. The molecule has 0 bridgehead atoms. The first kappa shape index (κ1) is 12.8. The van der Waals surface area contributed by atoms with Gasteiger partial charge in [0.1, 0.15) is 5.75 Å². The molecule has 0 amide bonds. The smallest absolute Gasteiger partial charge is 0.313 e. The molecule has 0 saturated carbocycles. The lowest BCUT2D eigenvalue weighted by Crippen LogP contribution is -1.94. The van der Waals surface area contributed by atoms with E-state index < -0.39 is 4.92 Å². The molecule has 0 N–H and O–H groups in total. The van der Waals surface area contributed by atoms with Gasteiger partial charge in [-0.25, -0.2) is 0 Å². The SMILES string of the molecule is O=[N+]([O-])c1cccc(Cl)c1Oc1ccncc1Br. The average Bonchev–Trinajstić information content (AvgIpc) is 2.34. The number of ether oxygens (including phenoxy) is 1. The Kier molecular flexibility index (Phi) is 3.78. The van der Waals surface area contributed by atoms with Crippen molar-refractivity contribution in [3.63, 3.8) is 0 Å². The molecule has 2 rings (SSSR count). The summed E-state index contributed by atoms with van der Waals surface area (Å²) >= 11 is 9.15. The lowest BCUT2D eigenvalue weighted by molar-refractivity contribution is -0.385. The maximum Gasteiger partial charge on any atom is 0.313 e. The molecule has 0 fully saturated rings. The molecule has 1 heterocycles. The minimum absolute atomic E-state index is 0.0102. The van der Waals surface area contributed by atoms with Crippen LogP contribution < -0.4 is 4.74 Å². The van der Waals surface area contributed by atoms with Gasteiger partial charge >= 0.3 is 5.69 Å². The largest absolute Gasteiger partial charge is 0.447 e. The molecule has 1 aromatic heterocycles. The fourth-order valence-corrected chi connectivity index (χ4v) is 1.84. The first-order valence-corrected chi connectivity index (χ1v) is 5.97. The predicted molar refractivity (Wildman–Crippen MR) is 70.1 cm³/mol. The summed E-state index contributed by atoms with van der Waals surface area (Å²) < 4.78 is 6.05. The van der Waals surface area contributed by atoms with Gasteiger partial charge in [0.15, 0.2) is 0 Å². The number of halogens is 2. The van der Waals surface area contributed by atoms with E-state index in [-0.39, 0.29) is 16.5 Å². The van der Waals surface area contributed by atoms with Crippen molar-refractivity contribution >= 4 is 33.2 Å². The quantitative estimate of drug-likeness (QED) is 0.625. The number of rotatable bonds is 3. The number of para-hydroxylation sites is 1. The molecule has 7 heteroatoms. The molecule has 1 aromatic carbocycles. The van der Waals surface area contributed by atoms with Gasteiger partial charge in [-0.15, -0.1) is 0 Å². The zero-order valence-corrected chi connectivity index (χ0v) is 11.2. The van der Waals surface area contributed by atoms with Crippen LogP contribution >= 0.6 is 27.5 Å². The van der Waals surface area contributed by atoms with Crippen LogP contribution in [0, 0.1) is 10.1 Å². The second-order valence-electron chi connectivity index (χ2n) is 3.25. The Balaban J connectivity index is 2.46. The first-order chi connectivity index (χ1) is 8.59. The van der Waals surface area contributed by atoms with Crippen LogP contribution in [-0.4, -0.2) is 9.91 Å². The molecule has 18 heavy (non-hydrogen) atoms. The summed E-state index contributed by atoms with van der Waals surface area (Å²) in [5, 5.41) is 11.1. The van der Waals surface area contributed by atoms with Gasteiger partial charge in [0, 0.05) is 24.5 Å². The summed E-state index contributed by atoms with van der Waals surface area (Å²) in [6.07, 6.45) is 3.04. The zero-order chi connectivity index (χ0) is 13.1. The fourth-order valence-electron chi connectivity index (χ4n) is 1.30. The maximum atomic E-state index is 10.9. The number of pyridine rings is 1. The van der Waals surface area contributed by atoms with Gasteiger partial charge in [-0.05, 0) is 22.0 Å². The topological polar surface area (TPSA) is 65.3 Å². The Hall–Kier alpha value is -1.66. The van der Waals surface area contributed by atoms with Crippen LogP contribution in [0.2, 0.25) is 5.02 Å².